The van der Waals surface area contributed by atoms with Crippen molar-refractivity contribution in [2.75, 3.05) is 40.3 Å². The van der Waals surface area contributed by atoms with Crippen LogP contribution in [0.1, 0.15) is 11.1 Å². The summed E-state index contributed by atoms with van der Waals surface area (Å²) >= 11 is 1.07. The Balaban J connectivity index is 1.78. The largest absolute Gasteiger partial charge is 0.480 e. The lowest BCUT2D eigenvalue weighted by atomic mass is 10.1. The number of aromatic nitrogens is 4. The van der Waals surface area contributed by atoms with Crippen LogP contribution in [-0.4, -0.2) is 71.7 Å². The van der Waals surface area contributed by atoms with Crippen molar-refractivity contribution >= 4 is 39.3 Å². The molecule has 2 N–H and O–H groups in total. The van der Waals surface area contributed by atoms with Gasteiger partial charge in [0.1, 0.15) is 16.5 Å². The summed E-state index contributed by atoms with van der Waals surface area (Å²) in [7, 11) is 7.36. The summed E-state index contributed by atoms with van der Waals surface area (Å²) < 4.78 is 36.9. The first-order valence-corrected chi connectivity index (χ1v) is 15.2. The van der Waals surface area contributed by atoms with Gasteiger partial charge in [-0.1, -0.05) is 18.2 Å². The molecule has 3 aromatic heterocycles. The Morgan fingerprint density at radius 1 is 0.878 bits per heavy atom. The third-order valence-electron chi connectivity index (χ3n) is 7.16. The second-order valence-corrected chi connectivity index (χ2v) is 11.6. The SMILES string of the molecule is CONC(=O)N(C(=O)NOC)c1ccc(-c2sc3c(c2CN(C)C)c(=O)n(-c2ccc(OC)nn2)c(=O)n3Cc2c(F)cccc2F)cc1. The van der Waals surface area contributed by atoms with Gasteiger partial charge in [-0.15, -0.1) is 21.5 Å². The molecule has 0 fully saturated rings. The number of carbonyl (C=O) groups is 2. The highest BCUT2D eigenvalue weighted by molar-refractivity contribution is 7.22. The van der Waals surface area contributed by atoms with Gasteiger partial charge in [0.15, 0.2) is 5.82 Å². The van der Waals surface area contributed by atoms with E-state index in [-0.39, 0.29) is 39.7 Å². The predicted molar refractivity (Wildman–Crippen MR) is 176 cm³/mol. The lowest BCUT2D eigenvalue weighted by Gasteiger charge is -2.20. The van der Waals surface area contributed by atoms with E-state index in [1.54, 1.807) is 26.2 Å². The van der Waals surface area contributed by atoms with Crippen LogP contribution in [0.15, 0.2) is 64.2 Å². The maximum atomic E-state index is 14.9. The molecule has 0 aliphatic heterocycles. The number of hydrogen-bond acceptors (Lipinski definition) is 11. The fraction of sp³-hybridized carbons (Fsp3) is 0.226. The molecule has 0 unspecified atom stereocenters. The number of methoxy groups -OCH3 is 1. The molecule has 15 nitrogen and oxygen atoms in total. The molecule has 0 saturated carbocycles. The van der Waals surface area contributed by atoms with Gasteiger partial charge in [-0.25, -0.2) is 43.6 Å². The molecule has 3 heterocycles. The minimum absolute atomic E-state index is 0.118. The molecule has 0 atom stereocenters. The molecule has 0 bridgehead atoms. The topological polar surface area (TPSA) is 162 Å². The quantitative estimate of drug-likeness (QED) is 0.207. The summed E-state index contributed by atoms with van der Waals surface area (Å²) in [6.45, 7) is -0.332. The molecular weight excluding hydrogens is 666 g/mol. The van der Waals surface area contributed by atoms with E-state index in [1.165, 1.54) is 51.7 Å². The van der Waals surface area contributed by atoms with Crippen LogP contribution in [0.2, 0.25) is 0 Å². The fourth-order valence-electron chi connectivity index (χ4n) is 5.05. The van der Waals surface area contributed by atoms with Gasteiger partial charge in [-0.2, -0.15) is 0 Å². The maximum absolute atomic E-state index is 14.9. The second kappa shape index (κ2) is 14.7. The molecule has 0 radical (unpaired) electrons. The van der Waals surface area contributed by atoms with Crippen LogP contribution < -0.4 is 31.8 Å². The highest BCUT2D eigenvalue weighted by atomic mass is 32.1. The number of halogens is 2. The normalized spacial score (nSPS) is 11.2. The Kier molecular flexibility index (Phi) is 10.4. The van der Waals surface area contributed by atoms with E-state index in [2.05, 4.69) is 30.8 Å². The Hall–Kier alpha value is -5.56. The summed E-state index contributed by atoms with van der Waals surface area (Å²) in [5, 5.41) is 8.01. The van der Waals surface area contributed by atoms with Gasteiger partial charge >= 0.3 is 17.8 Å². The number of benzene rings is 2. The molecule has 18 heteroatoms. The van der Waals surface area contributed by atoms with Crippen molar-refractivity contribution in [3.05, 3.63) is 98.2 Å². The predicted octanol–water partition coefficient (Wildman–Crippen LogP) is 3.42. The summed E-state index contributed by atoms with van der Waals surface area (Å²) in [5.41, 5.74) is 3.34. The van der Waals surface area contributed by atoms with E-state index in [0.717, 1.165) is 37.5 Å². The van der Waals surface area contributed by atoms with Gasteiger partial charge in [0, 0.05) is 23.1 Å². The average molecular weight is 697 g/mol. The number of urea groups is 2. The molecule has 5 rings (SSSR count). The molecule has 0 aliphatic carbocycles. The minimum Gasteiger partial charge on any atom is -0.480 e. The number of imide groups is 1. The second-order valence-electron chi connectivity index (χ2n) is 10.6. The van der Waals surface area contributed by atoms with E-state index in [0.29, 0.717) is 16.0 Å². The van der Waals surface area contributed by atoms with Gasteiger partial charge in [-0.3, -0.25) is 19.0 Å². The van der Waals surface area contributed by atoms with Crippen LogP contribution in [-0.2, 0) is 22.8 Å². The van der Waals surface area contributed by atoms with E-state index in [9.17, 15) is 28.0 Å². The monoisotopic (exact) mass is 696 g/mol. The van der Waals surface area contributed by atoms with Crippen LogP contribution in [0.3, 0.4) is 0 Å². The van der Waals surface area contributed by atoms with Crippen molar-refractivity contribution in [2.45, 2.75) is 13.1 Å². The standard InChI is InChI=1S/C31H30F2N8O7S/c1-38(2)15-20-25-27(42)41(23-13-14-24(46-3)35-34-23)31(45)39(16-19-21(32)7-6-8-22(19)33)28(25)49-26(20)17-9-11-18(12-10-17)40(29(43)36-47-4)30(44)37-48-5/h6-14H,15-16H2,1-5H3,(H,36,43)(H,37,44). The Bertz CT molecular complexity index is 2100. The number of carbonyl (C=O) groups excluding carboxylic acids is 2. The molecule has 256 valence electrons. The number of nitrogens with zero attached hydrogens (tertiary/aromatic N) is 6. The summed E-state index contributed by atoms with van der Waals surface area (Å²) in [6, 6.07) is 10.5. The lowest BCUT2D eigenvalue weighted by molar-refractivity contribution is 0.101. The first-order chi connectivity index (χ1) is 23.5. The highest BCUT2D eigenvalue weighted by Gasteiger charge is 2.27. The molecule has 5 aromatic rings. The van der Waals surface area contributed by atoms with Crippen LogP contribution in [0.4, 0.5) is 24.1 Å². The zero-order valence-corrected chi connectivity index (χ0v) is 27.6. The van der Waals surface area contributed by atoms with Crippen molar-refractivity contribution in [1.82, 2.24) is 35.2 Å². The van der Waals surface area contributed by atoms with Gasteiger partial charge in [0.2, 0.25) is 5.88 Å². The van der Waals surface area contributed by atoms with E-state index in [1.807, 2.05) is 4.90 Å². The summed E-state index contributed by atoms with van der Waals surface area (Å²) in [6.07, 6.45) is 0. The minimum atomic E-state index is -0.911. The molecular formula is C31H30F2N8O7S. The maximum Gasteiger partial charge on any atom is 0.354 e. The third-order valence-corrected chi connectivity index (χ3v) is 8.47. The fourth-order valence-corrected chi connectivity index (χ4v) is 6.35. The zero-order chi connectivity index (χ0) is 35.4. The smallest absolute Gasteiger partial charge is 0.354 e. The van der Waals surface area contributed by atoms with E-state index in [4.69, 9.17) is 4.74 Å². The lowest BCUT2D eigenvalue weighted by Crippen LogP contribution is -2.48. The number of hydroxylamine groups is 2. The van der Waals surface area contributed by atoms with Gasteiger partial charge in [0.05, 0.1) is 38.9 Å². The van der Waals surface area contributed by atoms with Crippen LogP contribution >= 0.6 is 11.3 Å². The number of ether oxygens (including phenoxy) is 1. The number of fused-ring (bicyclic) bond motifs is 1. The summed E-state index contributed by atoms with van der Waals surface area (Å²) in [4.78, 5) is 66.2. The number of hydrogen-bond donors (Lipinski definition) is 2. The third kappa shape index (κ3) is 6.88. The van der Waals surface area contributed by atoms with Crippen molar-refractivity contribution in [1.29, 1.82) is 0 Å². The first kappa shape index (κ1) is 34.8. The van der Waals surface area contributed by atoms with Gasteiger partial charge in [0.25, 0.3) is 5.56 Å². The Morgan fingerprint density at radius 2 is 1.51 bits per heavy atom. The molecule has 2 aromatic carbocycles. The van der Waals surface area contributed by atoms with Crippen LogP contribution in [0, 0.1) is 11.6 Å². The number of thiophene rings is 1. The van der Waals surface area contributed by atoms with Crippen molar-refractivity contribution in [3.63, 3.8) is 0 Å². The van der Waals surface area contributed by atoms with E-state index >= 15 is 0 Å². The van der Waals surface area contributed by atoms with Crippen molar-refractivity contribution in [3.8, 4) is 22.1 Å². The summed E-state index contributed by atoms with van der Waals surface area (Å²) in [5.74, 6) is -1.73. The zero-order valence-electron chi connectivity index (χ0n) is 26.8. The van der Waals surface area contributed by atoms with Crippen LogP contribution in [0.5, 0.6) is 5.88 Å². The van der Waals surface area contributed by atoms with E-state index < -0.39 is 41.5 Å². The number of amides is 4. The molecule has 0 aliphatic rings. The van der Waals surface area contributed by atoms with Gasteiger partial charge < -0.3 is 9.64 Å². The van der Waals surface area contributed by atoms with Gasteiger partial charge in [-0.05, 0) is 55.6 Å². The highest BCUT2D eigenvalue weighted by Crippen LogP contribution is 2.38. The van der Waals surface area contributed by atoms with Crippen molar-refractivity contribution in [2.24, 2.45) is 0 Å². The average Bonchev–Trinajstić information content (AvgIpc) is 3.43. The molecule has 0 saturated heterocycles. The first-order valence-electron chi connectivity index (χ1n) is 14.3. The number of rotatable bonds is 10. The van der Waals surface area contributed by atoms with Crippen LogP contribution in [0.25, 0.3) is 26.5 Å². The molecule has 49 heavy (non-hydrogen) atoms. The Labute approximate surface area is 280 Å². The molecule has 4 amide bonds. The molecule has 0 spiro atoms. The Morgan fingerprint density at radius 3 is 2.04 bits per heavy atom. The van der Waals surface area contributed by atoms with Crippen molar-refractivity contribution < 1.29 is 32.8 Å². The number of anilines is 1. The number of nitrogens with one attached hydrogen (secondary N) is 2.